The number of alkyl halides is 2. The number of imidazole rings is 1. The normalized spacial score (nSPS) is 12.3. The lowest BCUT2D eigenvalue weighted by Crippen LogP contribution is -2.16. The number of benzene rings is 2. The number of aromatic nitrogens is 2. The molecule has 0 spiro atoms. The summed E-state index contributed by atoms with van der Waals surface area (Å²) in [6.07, 6.45) is -0.897. The van der Waals surface area contributed by atoms with Gasteiger partial charge in [0, 0.05) is 0 Å². The van der Waals surface area contributed by atoms with E-state index in [1.807, 2.05) is 31.2 Å². The van der Waals surface area contributed by atoms with E-state index in [1.165, 1.54) is 6.92 Å². The van der Waals surface area contributed by atoms with E-state index in [0.29, 0.717) is 16.8 Å². The van der Waals surface area contributed by atoms with Gasteiger partial charge < -0.3 is 9.47 Å². The summed E-state index contributed by atoms with van der Waals surface area (Å²) in [4.78, 5) is 16.2. The van der Waals surface area contributed by atoms with E-state index in [0.717, 1.165) is 10.1 Å². The molecule has 0 amide bonds. The van der Waals surface area contributed by atoms with Crippen LogP contribution < -0.4 is 4.74 Å². The van der Waals surface area contributed by atoms with Gasteiger partial charge in [0.25, 0.3) is 0 Å². The van der Waals surface area contributed by atoms with Gasteiger partial charge in [0.2, 0.25) is 0 Å². The number of hydrogen-bond acceptors (Lipinski definition) is 4. The Hall–Kier alpha value is -2.96. The number of carbonyl (C=O) groups excluding carboxylic acids is 1. The van der Waals surface area contributed by atoms with Crippen molar-refractivity contribution in [1.82, 2.24) is 9.55 Å². The first-order valence-corrected chi connectivity index (χ1v) is 8.59. The number of rotatable bonds is 7. The van der Waals surface area contributed by atoms with Crippen molar-refractivity contribution in [3.63, 3.8) is 0 Å². The van der Waals surface area contributed by atoms with Crippen LogP contribution in [0, 0.1) is 6.92 Å². The molecular weight excluding hydrogens is 354 g/mol. The Labute approximate surface area is 155 Å². The zero-order valence-corrected chi connectivity index (χ0v) is 15.1. The fraction of sp³-hybridized carbons (Fsp3) is 0.300. The van der Waals surface area contributed by atoms with Gasteiger partial charge in [-0.25, -0.2) is 4.98 Å². The van der Waals surface area contributed by atoms with Crippen LogP contribution in [0.4, 0.5) is 8.78 Å². The standard InChI is InChI=1S/C20H20F2N2O3/c1-13-7-9-15(10-8-13)26-12-11-18(25)27-14(2)19-23-16-5-3-4-6-17(16)24(19)20(21)22/h3-10,14,20H,11-12H2,1-2H3. The highest BCUT2D eigenvalue weighted by Crippen LogP contribution is 2.28. The van der Waals surface area contributed by atoms with Crippen molar-refractivity contribution in [3.8, 4) is 5.75 Å². The quantitative estimate of drug-likeness (QED) is 0.557. The fourth-order valence-electron chi connectivity index (χ4n) is 2.75. The number of para-hydroxylation sites is 2. The van der Waals surface area contributed by atoms with Gasteiger partial charge in [-0.3, -0.25) is 9.36 Å². The number of halogens is 2. The van der Waals surface area contributed by atoms with Crippen molar-refractivity contribution in [3.05, 3.63) is 59.9 Å². The molecule has 0 saturated heterocycles. The Kier molecular flexibility index (Phi) is 5.69. The van der Waals surface area contributed by atoms with Gasteiger partial charge in [0.15, 0.2) is 11.9 Å². The average Bonchev–Trinajstić information content (AvgIpc) is 3.03. The second-order valence-corrected chi connectivity index (χ2v) is 6.15. The minimum atomic E-state index is -2.78. The monoisotopic (exact) mass is 374 g/mol. The Morgan fingerprint density at radius 2 is 1.85 bits per heavy atom. The Balaban J connectivity index is 1.62. The molecule has 5 nitrogen and oxygen atoms in total. The van der Waals surface area contributed by atoms with Gasteiger partial charge in [-0.2, -0.15) is 8.78 Å². The molecule has 1 unspecified atom stereocenters. The summed E-state index contributed by atoms with van der Waals surface area (Å²) in [5, 5.41) is 0. The molecule has 3 aromatic rings. The average molecular weight is 374 g/mol. The number of aryl methyl sites for hydroxylation is 1. The Morgan fingerprint density at radius 3 is 2.56 bits per heavy atom. The van der Waals surface area contributed by atoms with E-state index in [4.69, 9.17) is 9.47 Å². The molecule has 142 valence electrons. The lowest BCUT2D eigenvalue weighted by atomic mass is 10.2. The molecule has 27 heavy (non-hydrogen) atoms. The van der Waals surface area contributed by atoms with Crippen molar-refractivity contribution in [2.24, 2.45) is 0 Å². The van der Waals surface area contributed by atoms with Crippen LogP contribution in [0.3, 0.4) is 0 Å². The van der Waals surface area contributed by atoms with E-state index in [1.54, 1.807) is 24.3 Å². The Bertz CT molecular complexity index is 923. The number of nitrogens with zero attached hydrogens (tertiary/aromatic N) is 2. The van der Waals surface area contributed by atoms with Crippen LogP contribution in [-0.2, 0) is 9.53 Å². The third-order valence-corrected chi connectivity index (χ3v) is 4.09. The van der Waals surface area contributed by atoms with E-state index < -0.39 is 18.6 Å². The minimum absolute atomic E-state index is 0.00707. The lowest BCUT2D eigenvalue weighted by molar-refractivity contribution is -0.149. The molecule has 0 fully saturated rings. The number of ether oxygens (including phenoxy) is 2. The van der Waals surface area contributed by atoms with Crippen LogP contribution in [0.2, 0.25) is 0 Å². The van der Waals surface area contributed by atoms with Crippen LogP contribution >= 0.6 is 0 Å². The molecule has 1 heterocycles. The zero-order valence-electron chi connectivity index (χ0n) is 15.1. The highest BCUT2D eigenvalue weighted by Gasteiger charge is 2.24. The maximum Gasteiger partial charge on any atom is 0.320 e. The SMILES string of the molecule is Cc1ccc(OCCC(=O)OC(C)c2nc3ccccc3n2C(F)F)cc1. The second kappa shape index (κ2) is 8.16. The predicted molar refractivity (Wildman–Crippen MR) is 96.8 cm³/mol. The summed E-state index contributed by atoms with van der Waals surface area (Å²) in [5.74, 6) is 0.127. The summed E-state index contributed by atoms with van der Waals surface area (Å²) >= 11 is 0. The third kappa shape index (κ3) is 4.42. The van der Waals surface area contributed by atoms with Crippen molar-refractivity contribution in [2.75, 3.05) is 6.61 Å². The van der Waals surface area contributed by atoms with Crippen molar-refractivity contribution >= 4 is 17.0 Å². The molecule has 7 heteroatoms. The minimum Gasteiger partial charge on any atom is -0.493 e. The fourth-order valence-corrected chi connectivity index (χ4v) is 2.75. The first-order valence-electron chi connectivity index (χ1n) is 8.59. The van der Waals surface area contributed by atoms with Crippen molar-refractivity contribution in [1.29, 1.82) is 0 Å². The lowest BCUT2D eigenvalue weighted by Gasteiger charge is -2.15. The molecule has 0 aliphatic rings. The number of fused-ring (bicyclic) bond motifs is 1. The number of carbonyl (C=O) groups is 1. The molecule has 0 aliphatic carbocycles. The van der Waals surface area contributed by atoms with E-state index in [9.17, 15) is 13.6 Å². The van der Waals surface area contributed by atoms with Gasteiger partial charge >= 0.3 is 12.5 Å². The van der Waals surface area contributed by atoms with Crippen LogP contribution in [0.25, 0.3) is 11.0 Å². The molecule has 0 bridgehead atoms. The largest absolute Gasteiger partial charge is 0.493 e. The van der Waals surface area contributed by atoms with E-state index >= 15 is 0 Å². The molecule has 0 saturated carbocycles. The first-order chi connectivity index (χ1) is 13.0. The Morgan fingerprint density at radius 1 is 1.15 bits per heavy atom. The van der Waals surface area contributed by atoms with Gasteiger partial charge in [-0.15, -0.1) is 0 Å². The second-order valence-electron chi connectivity index (χ2n) is 6.15. The summed E-state index contributed by atoms with van der Waals surface area (Å²) in [6, 6.07) is 14.0. The van der Waals surface area contributed by atoms with Gasteiger partial charge in [-0.05, 0) is 38.1 Å². The highest BCUT2D eigenvalue weighted by molar-refractivity contribution is 5.76. The number of esters is 1. The smallest absolute Gasteiger partial charge is 0.320 e. The first kappa shape index (κ1) is 18.8. The molecule has 1 aromatic heterocycles. The maximum absolute atomic E-state index is 13.5. The molecule has 0 aliphatic heterocycles. The van der Waals surface area contributed by atoms with Crippen LogP contribution in [0.5, 0.6) is 5.75 Å². The highest BCUT2D eigenvalue weighted by atomic mass is 19.3. The molecule has 0 N–H and O–H groups in total. The van der Waals surface area contributed by atoms with Crippen molar-refractivity contribution in [2.45, 2.75) is 32.9 Å². The molecule has 2 aromatic carbocycles. The summed E-state index contributed by atoms with van der Waals surface area (Å²) in [5.41, 5.74) is 1.84. The predicted octanol–water partition coefficient (Wildman–Crippen LogP) is 4.81. The van der Waals surface area contributed by atoms with Crippen LogP contribution in [-0.4, -0.2) is 22.1 Å². The molecule has 1 atom stereocenters. The maximum atomic E-state index is 13.5. The van der Waals surface area contributed by atoms with Gasteiger partial charge in [-0.1, -0.05) is 29.8 Å². The molecule has 0 radical (unpaired) electrons. The third-order valence-electron chi connectivity index (χ3n) is 4.09. The number of hydrogen-bond donors (Lipinski definition) is 0. The summed E-state index contributed by atoms with van der Waals surface area (Å²) in [7, 11) is 0. The van der Waals surface area contributed by atoms with Gasteiger partial charge in [0.1, 0.15) is 5.75 Å². The zero-order chi connectivity index (χ0) is 19.4. The molecular formula is C20H20F2N2O3. The van der Waals surface area contributed by atoms with E-state index in [2.05, 4.69) is 4.98 Å². The summed E-state index contributed by atoms with van der Waals surface area (Å²) in [6.45, 7) is 0.854. The van der Waals surface area contributed by atoms with E-state index in [-0.39, 0.29) is 18.9 Å². The summed E-state index contributed by atoms with van der Waals surface area (Å²) < 4.78 is 38.5. The van der Waals surface area contributed by atoms with Crippen LogP contribution in [0.1, 0.15) is 37.4 Å². The van der Waals surface area contributed by atoms with Gasteiger partial charge in [0.05, 0.1) is 24.1 Å². The molecule has 3 rings (SSSR count). The van der Waals surface area contributed by atoms with Crippen LogP contribution in [0.15, 0.2) is 48.5 Å². The topological polar surface area (TPSA) is 53.4 Å². The van der Waals surface area contributed by atoms with Crippen molar-refractivity contribution < 1.29 is 23.0 Å².